The van der Waals surface area contributed by atoms with Crippen LogP contribution in [0, 0.1) is 0 Å². The molecule has 9 aromatic carbocycles. The van der Waals surface area contributed by atoms with Gasteiger partial charge in [-0.3, -0.25) is 0 Å². The summed E-state index contributed by atoms with van der Waals surface area (Å²) in [7, 11) is 0. The van der Waals surface area contributed by atoms with Gasteiger partial charge in [-0.15, -0.1) is 0 Å². The Hall–Kier alpha value is -7.62. The standard InChI is InChI=1S/C54H34N2O/c1-2-12-39(13-3-1)55-48-20-8-5-15-45(48)53-42(17-10-21-49(53)55)38-30-33-44-43-14-4-7-19-47(43)56(50(44)34-38)40-31-28-36(29-32-40)35-24-26-37(27-25-35)41-18-11-23-52-54(41)46-16-6-9-22-51(46)57-52/h1-34H. The Morgan fingerprint density at radius 2 is 0.789 bits per heavy atom. The van der Waals surface area contributed by atoms with Crippen LogP contribution in [0.2, 0.25) is 0 Å². The van der Waals surface area contributed by atoms with E-state index in [4.69, 9.17) is 4.42 Å². The van der Waals surface area contributed by atoms with Crippen molar-refractivity contribution < 1.29 is 4.42 Å². The van der Waals surface area contributed by atoms with E-state index in [1.54, 1.807) is 0 Å². The SMILES string of the molecule is c1ccc(-n2c3ccccc3c3c(-c4ccc5c6ccccc6n(-c6ccc(-c7ccc(-c8cccc9oc%10ccccc%10c89)cc7)cc6)c5c4)cccc32)cc1. The summed E-state index contributed by atoms with van der Waals surface area (Å²) in [6.45, 7) is 0. The van der Waals surface area contributed by atoms with E-state index in [-0.39, 0.29) is 0 Å². The lowest BCUT2D eigenvalue weighted by atomic mass is 9.97. The topological polar surface area (TPSA) is 23.0 Å². The predicted octanol–water partition coefficient (Wildman–Crippen LogP) is 14.8. The van der Waals surface area contributed by atoms with Crippen LogP contribution in [0.25, 0.3) is 110 Å². The van der Waals surface area contributed by atoms with E-state index in [0.29, 0.717) is 0 Å². The lowest BCUT2D eigenvalue weighted by Crippen LogP contribution is -1.94. The molecule has 0 atom stereocenters. The van der Waals surface area contributed by atoms with Crippen LogP contribution in [-0.4, -0.2) is 9.13 Å². The average molecular weight is 727 g/mol. The van der Waals surface area contributed by atoms with Gasteiger partial charge in [0.1, 0.15) is 11.2 Å². The number of aromatic nitrogens is 2. The molecule has 0 N–H and O–H groups in total. The first-order valence-corrected chi connectivity index (χ1v) is 19.5. The highest BCUT2D eigenvalue weighted by Gasteiger charge is 2.19. The predicted molar refractivity (Wildman–Crippen MR) is 239 cm³/mol. The molecule has 0 radical (unpaired) electrons. The van der Waals surface area contributed by atoms with Crippen LogP contribution in [0.1, 0.15) is 0 Å². The Kier molecular flexibility index (Phi) is 6.93. The van der Waals surface area contributed by atoms with E-state index >= 15 is 0 Å². The molecular weight excluding hydrogens is 693 g/mol. The quantitative estimate of drug-likeness (QED) is 0.173. The van der Waals surface area contributed by atoms with Crippen molar-refractivity contribution >= 4 is 65.6 Å². The Morgan fingerprint density at radius 3 is 1.58 bits per heavy atom. The van der Waals surface area contributed by atoms with Crippen LogP contribution < -0.4 is 0 Å². The summed E-state index contributed by atoms with van der Waals surface area (Å²) < 4.78 is 11.0. The average Bonchev–Trinajstić information content (AvgIpc) is 3.94. The van der Waals surface area contributed by atoms with Crippen molar-refractivity contribution in [3.05, 3.63) is 206 Å². The Bertz CT molecular complexity index is 3490. The van der Waals surface area contributed by atoms with Gasteiger partial charge in [0.25, 0.3) is 0 Å². The first-order valence-electron chi connectivity index (χ1n) is 19.5. The van der Waals surface area contributed by atoms with Gasteiger partial charge < -0.3 is 13.6 Å². The number of furan rings is 1. The second kappa shape index (κ2) is 12.5. The monoisotopic (exact) mass is 726 g/mol. The highest BCUT2D eigenvalue weighted by atomic mass is 16.3. The van der Waals surface area contributed by atoms with Gasteiger partial charge in [0, 0.05) is 43.7 Å². The van der Waals surface area contributed by atoms with Crippen molar-refractivity contribution in [3.8, 4) is 44.8 Å². The van der Waals surface area contributed by atoms with Crippen LogP contribution in [0.5, 0.6) is 0 Å². The molecule has 0 aliphatic rings. The van der Waals surface area contributed by atoms with Crippen LogP contribution in [0.4, 0.5) is 0 Å². The second-order valence-corrected chi connectivity index (χ2v) is 14.9. The number of nitrogens with zero attached hydrogens (tertiary/aromatic N) is 2. The van der Waals surface area contributed by atoms with Gasteiger partial charge in [0.2, 0.25) is 0 Å². The third kappa shape index (κ3) is 4.86. The first kappa shape index (κ1) is 31.7. The number of benzene rings is 9. The van der Waals surface area contributed by atoms with Crippen molar-refractivity contribution in [1.82, 2.24) is 9.13 Å². The molecule has 3 heterocycles. The van der Waals surface area contributed by atoms with E-state index in [9.17, 15) is 0 Å². The van der Waals surface area contributed by atoms with Gasteiger partial charge in [-0.2, -0.15) is 0 Å². The van der Waals surface area contributed by atoms with E-state index in [1.165, 1.54) is 77.0 Å². The van der Waals surface area contributed by atoms with E-state index in [2.05, 4.69) is 203 Å². The molecule has 3 nitrogen and oxygen atoms in total. The number of hydrogen-bond acceptors (Lipinski definition) is 1. The summed E-state index contributed by atoms with van der Waals surface area (Å²) in [6, 6.07) is 74.4. The van der Waals surface area contributed by atoms with Crippen LogP contribution in [0.15, 0.2) is 211 Å². The molecule has 0 aliphatic carbocycles. The molecular formula is C54H34N2O. The molecule has 0 fully saturated rings. The summed E-state index contributed by atoms with van der Waals surface area (Å²) in [5, 5.41) is 7.32. The van der Waals surface area contributed by atoms with Gasteiger partial charge in [-0.1, -0.05) is 146 Å². The fraction of sp³-hybridized carbons (Fsp3) is 0. The van der Waals surface area contributed by atoms with Gasteiger partial charge in [0.15, 0.2) is 0 Å². The lowest BCUT2D eigenvalue weighted by molar-refractivity contribution is 0.669. The second-order valence-electron chi connectivity index (χ2n) is 14.9. The summed E-state index contributed by atoms with van der Waals surface area (Å²) in [5.41, 5.74) is 16.1. The highest BCUT2D eigenvalue weighted by molar-refractivity contribution is 6.17. The summed E-state index contributed by atoms with van der Waals surface area (Å²) in [4.78, 5) is 0. The minimum absolute atomic E-state index is 0.915. The molecule has 266 valence electrons. The Balaban J connectivity index is 0.960. The Morgan fingerprint density at radius 1 is 0.281 bits per heavy atom. The van der Waals surface area contributed by atoms with Crippen molar-refractivity contribution in [1.29, 1.82) is 0 Å². The number of para-hydroxylation sites is 4. The molecule has 0 unspecified atom stereocenters. The molecule has 12 aromatic rings. The van der Waals surface area contributed by atoms with E-state index in [0.717, 1.165) is 33.3 Å². The summed E-state index contributed by atoms with van der Waals surface area (Å²) in [6.07, 6.45) is 0. The molecule has 0 saturated carbocycles. The molecule has 0 bridgehead atoms. The lowest BCUT2D eigenvalue weighted by Gasteiger charge is -2.12. The minimum atomic E-state index is 0.915. The number of rotatable bonds is 5. The first-order chi connectivity index (χ1) is 28.3. The summed E-state index contributed by atoms with van der Waals surface area (Å²) in [5.74, 6) is 0. The zero-order valence-corrected chi connectivity index (χ0v) is 30.9. The highest BCUT2D eigenvalue weighted by Crippen LogP contribution is 2.42. The van der Waals surface area contributed by atoms with E-state index in [1.807, 2.05) is 12.1 Å². The molecule has 0 spiro atoms. The van der Waals surface area contributed by atoms with E-state index < -0.39 is 0 Å². The molecule has 3 aromatic heterocycles. The molecule has 0 saturated heterocycles. The van der Waals surface area contributed by atoms with Crippen LogP contribution >= 0.6 is 0 Å². The van der Waals surface area contributed by atoms with Crippen molar-refractivity contribution in [3.63, 3.8) is 0 Å². The van der Waals surface area contributed by atoms with Gasteiger partial charge in [0.05, 0.1) is 22.1 Å². The summed E-state index contributed by atoms with van der Waals surface area (Å²) >= 11 is 0. The van der Waals surface area contributed by atoms with Crippen LogP contribution in [-0.2, 0) is 0 Å². The smallest absolute Gasteiger partial charge is 0.136 e. The van der Waals surface area contributed by atoms with Gasteiger partial charge >= 0.3 is 0 Å². The fourth-order valence-corrected chi connectivity index (χ4v) is 9.19. The molecule has 0 amide bonds. The molecule has 12 rings (SSSR count). The van der Waals surface area contributed by atoms with Crippen molar-refractivity contribution in [2.45, 2.75) is 0 Å². The third-order valence-electron chi connectivity index (χ3n) is 11.8. The number of hydrogen-bond donors (Lipinski definition) is 0. The zero-order valence-electron chi connectivity index (χ0n) is 30.9. The minimum Gasteiger partial charge on any atom is -0.456 e. The van der Waals surface area contributed by atoms with Gasteiger partial charge in [-0.25, -0.2) is 0 Å². The molecule has 0 aliphatic heterocycles. The third-order valence-corrected chi connectivity index (χ3v) is 11.8. The number of fused-ring (bicyclic) bond motifs is 9. The normalized spacial score (nSPS) is 11.9. The van der Waals surface area contributed by atoms with Crippen molar-refractivity contribution in [2.75, 3.05) is 0 Å². The largest absolute Gasteiger partial charge is 0.456 e. The maximum Gasteiger partial charge on any atom is 0.136 e. The maximum atomic E-state index is 6.18. The van der Waals surface area contributed by atoms with Crippen molar-refractivity contribution in [2.24, 2.45) is 0 Å². The molecule has 3 heteroatoms. The van der Waals surface area contributed by atoms with Gasteiger partial charge in [-0.05, 0) is 94.0 Å². The zero-order chi connectivity index (χ0) is 37.5. The maximum absolute atomic E-state index is 6.18. The van der Waals surface area contributed by atoms with Crippen LogP contribution in [0.3, 0.4) is 0 Å². The Labute approximate surface area is 328 Å². The molecule has 57 heavy (non-hydrogen) atoms. The fourth-order valence-electron chi connectivity index (χ4n) is 9.19.